The van der Waals surface area contributed by atoms with Crippen LogP contribution in [0.4, 0.5) is 18.0 Å². The number of hydrogen-bond donors (Lipinski definition) is 2. The molecule has 1 aromatic rings. The summed E-state index contributed by atoms with van der Waals surface area (Å²) >= 11 is 0. The molecular formula is C27H37F3N4O5. The van der Waals surface area contributed by atoms with Crippen LogP contribution >= 0.6 is 0 Å². The molecule has 0 saturated carbocycles. The molecule has 3 heterocycles. The van der Waals surface area contributed by atoms with E-state index in [2.05, 4.69) is 10.6 Å². The number of hydrogen-bond acceptors (Lipinski definition) is 6. The molecule has 0 spiro atoms. The third-order valence-corrected chi connectivity index (χ3v) is 7.51. The van der Waals surface area contributed by atoms with E-state index < -0.39 is 47.9 Å². The number of halogens is 3. The van der Waals surface area contributed by atoms with Crippen molar-refractivity contribution in [3.8, 4) is 5.75 Å². The topological polar surface area (TPSA) is 100 Å². The van der Waals surface area contributed by atoms with Gasteiger partial charge in [0, 0.05) is 31.1 Å². The molecule has 4 rings (SSSR count). The number of ether oxygens (including phenoxy) is 2. The summed E-state index contributed by atoms with van der Waals surface area (Å²) in [5, 5.41) is 5.54. The summed E-state index contributed by atoms with van der Waals surface area (Å²) in [6, 6.07) is 2.79. The molecule has 2 N–H and O–H groups in total. The van der Waals surface area contributed by atoms with Gasteiger partial charge in [0.2, 0.25) is 11.8 Å². The van der Waals surface area contributed by atoms with Gasteiger partial charge >= 0.3 is 12.3 Å². The Labute approximate surface area is 226 Å². The zero-order chi connectivity index (χ0) is 28.5. The summed E-state index contributed by atoms with van der Waals surface area (Å²) in [6.45, 7) is 6.13. The van der Waals surface area contributed by atoms with Crippen LogP contribution in [0.15, 0.2) is 24.3 Å². The van der Waals surface area contributed by atoms with E-state index >= 15 is 0 Å². The lowest BCUT2D eigenvalue weighted by atomic mass is 10.00. The Balaban J connectivity index is 1.56. The molecule has 9 nitrogen and oxygen atoms in total. The van der Waals surface area contributed by atoms with Crippen LogP contribution in [-0.2, 0) is 14.3 Å². The number of rotatable bonds is 4. The Morgan fingerprint density at radius 2 is 1.77 bits per heavy atom. The smallest absolute Gasteiger partial charge is 0.408 e. The fourth-order valence-electron chi connectivity index (χ4n) is 5.53. The summed E-state index contributed by atoms with van der Waals surface area (Å²) in [4.78, 5) is 42.6. The fraction of sp³-hybridized carbons (Fsp3) is 0.667. The van der Waals surface area contributed by atoms with Gasteiger partial charge in [-0.15, -0.1) is 0 Å². The van der Waals surface area contributed by atoms with E-state index in [0.717, 1.165) is 12.5 Å². The van der Waals surface area contributed by atoms with E-state index in [4.69, 9.17) is 9.47 Å². The number of nitrogens with one attached hydrogen (secondary N) is 2. The lowest BCUT2D eigenvalue weighted by Gasteiger charge is -2.41. The predicted octanol–water partition coefficient (Wildman–Crippen LogP) is 3.54. The maximum Gasteiger partial charge on any atom is 0.408 e. The van der Waals surface area contributed by atoms with Crippen molar-refractivity contribution in [2.45, 2.75) is 95.4 Å². The second kappa shape index (κ2) is 11.2. The van der Waals surface area contributed by atoms with Gasteiger partial charge in [-0.1, -0.05) is 18.2 Å². The molecule has 39 heavy (non-hydrogen) atoms. The first kappa shape index (κ1) is 29.0. The van der Waals surface area contributed by atoms with Crippen molar-refractivity contribution in [1.82, 2.24) is 20.4 Å². The van der Waals surface area contributed by atoms with Crippen molar-refractivity contribution in [2.75, 3.05) is 19.7 Å². The second-order valence-electron chi connectivity index (χ2n) is 11.4. The Kier molecular flexibility index (Phi) is 8.34. The Morgan fingerprint density at radius 3 is 2.46 bits per heavy atom. The summed E-state index contributed by atoms with van der Waals surface area (Å²) in [7, 11) is 0. The number of carbonyl (C=O) groups is 3. The second-order valence-corrected chi connectivity index (χ2v) is 11.4. The molecule has 0 aromatic heterocycles. The highest BCUT2D eigenvalue weighted by Gasteiger charge is 2.48. The molecule has 0 radical (unpaired) electrons. The van der Waals surface area contributed by atoms with Crippen LogP contribution < -0.4 is 15.4 Å². The van der Waals surface area contributed by atoms with E-state index in [1.54, 1.807) is 20.8 Å². The number of alkyl carbamates (subject to hydrolysis) is 1. The third-order valence-electron chi connectivity index (χ3n) is 7.51. The third kappa shape index (κ3) is 6.77. The number of amides is 3. The zero-order valence-electron chi connectivity index (χ0n) is 22.7. The normalized spacial score (nSPS) is 26.8. The average molecular weight is 555 g/mol. The monoisotopic (exact) mass is 554 g/mol. The van der Waals surface area contributed by atoms with Crippen LogP contribution in [-0.4, -0.2) is 83.3 Å². The van der Waals surface area contributed by atoms with Crippen LogP contribution in [0.1, 0.15) is 65.0 Å². The van der Waals surface area contributed by atoms with Crippen molar-refractivity contribution < 1.29 is 37.0 Å². The summed E-state index contributed by atoms with van der Waals surface area (Å²) in [5.41, 5.74) is -0.0151. The lowest BCUT2D eigenvalue weighted by molar-refractivity contribution is -0.182. The van der Waals surface area contributed by atoms with Crippen molar-refractivity contribution in [1.29, 1.82) is 0 Å². The minimum absolute atomic E-state index is 0.0588. The molecule has 3 amide bonds. The Bertz CT molecular complexity index is 1080. The Hall–Kier alpha value is -3.02. The molecule has 0 aliphatic carbocycles. The van der Waals surface area contributed by atoms with E-state index in [-0.39, 0.29) is 31.5 Å². The minimum Gasteiger partial charge on any atom is -0.493 e. The highest BCUT2D eigenvalue weighted by atomic mass is 19.4. The number of para-hydroxylation sites is 1. The van der Waals surface area contributed by atoms with Gasteiger partial charge in [0.1, 0.15) is 29.5 Å². The van der Waals surface area contributed by atoms with Gasteiger partial charge in [0.15, 0.2) is 0 Å². The van der Waals surface area contributed by atoms with Crippen LogP contribution in [0, 0.1) is 0 Å². The van der Waals surface area contributed by atoms with Crippen LogP contribution in [0.2, 0.25) is 0 Å². The molecule has 12 heteroatoms. The first-order valence-electron chi connectivity index (χ1n) is 13.4. The molecular weight excluding hydrogens is 517 g/mol. The standard InChI is InChI=1S/C27H37F3N4O5/c1-16(27(28,29)30)33-13-11-17-9-10-21(23(35)31-19-12-14-38-22-8-6-5-7-18(19)22)34(17)24(36)20(15-33)32-25(37)39-26(2,3)4/h5-8,16-17,19-21H,9-15H2,1-4H3,(H,31,35)(H,32,37)/t16-,17-,19-,20+,21+/m1/s1. The number of benzene rings is 1. The highest BCUT2D eigenvalue weighted by molar-refractivity contribution is 5.92. The van der Waals surface area contributed by atoms with Crippen molar-refractivity contribution >= 4 is 17.9 Å². The first-order chi connectivity index (χ1) is 18.2. The van der Waals surface area contributed by atoms with E-state index in [9.17, 15) is 27.6 Å². The van der Waals surface area contributed by atoms with Gasteiger partial charge in [-0.25, -0.2) is 4.79 Å². The molecule has 1 aromatic carbocycles. The van der Waals surface area contributed by atoms with Crippen molar-refractivity contribution in [2.24, 2.45) is 0 Å². The summed E-state index contributed by atoms with van der Waals surface area (Å²) < 4.78 is 51.9. The van der Waals surface area contributed by atoms with Crippen LogP contribution in [0.5, 0.6) is 5.75 Å². The number of nitrogens with zero attached hydrogens (tertiary/aromatic N) is 2. The first-order valence-corrected chi connectivity index (χ1v) is 13.4. The van der Waals surface area contributed by atoms with Gasteiger partial charge in [-0.2, -0.15) is 13.2 Å². The zero-order valence-corrected chi connectivity index (χ0v) is 22.7. The number of alkyl halides is 3. The van der Waals surface area contributed by atoms with Gasteiger partial charge < -0.3 is 25.0 Å². The molecule has 216 valence electrons. The molecule has 0 bridgehead atoms. The quantitative estimate of drug-likeness (QED) is 0.591. The minimum atomic E-state index is -4.50. The van der Waals surface area contributed by atoms with E-state index in [1.807, 2.05) is 24.3 Å². The Morgan fingerprint density at radius 1 is 1.05 bits per heavy atom. The lowest BCUT2D eigenvalue weighted by Crippen LogP contribution is -2.62. The molecule has 2 saturated heterocycles. The van der Waals surface area contributed by atoms with E-state index in [0.29, 0.717) is 31.6 Å². The summed E-state index contributed by atoms with van der Waals surface area (Å²) in [5.74, 6) is -0.221. The molecule has 3 aliphatic rings. The van der Waals surface area contributed by atoms with Gasteiger partial charge in [0.25, 0.3) is 0 Å². The maximum absolute atomic E-state index is 13.9. The van der Waals surface area contributed by atoms with Crippen LogP contribution in [0.3, 0.4) is 0 Å². The van der Waals surface area contributed by atoms with Crippen molar-refractivity contribution in [3.63, 3.8) is 0 Å². The van der Waals surface area contributed by atoms with Gasteiger partial charge in [-0.3, -0.25) is 14.5 Å². The number of carbonyl (C=O) groups excluding carboxylic acids is 3. The molecule has 5 atom stereocenters. The van der Waals surface area contributed by atoms with Crippen molar-refractivity contribution in [3.05, 3.63) is 29.8 Å². The van der Waals surface area contributed by atoms with Crippen LogP contribution in [0.25, 0.3) is 0 Å². The SMILES string of the molecule is C[C@@H](N1CC[C@H]2CC[C@@H](C(=O)N[C@@H]3CCOc4ccccc43)N2C(=O)[C@@H](NC(=O)OC(C)(C)C)C1)C(F)(F)F. The number of fused-ring (bicyclic) bond motifs is 2. The molecule has 0 unspecified atom stereocenters. The van der Waals surface area contributed by atoms with Gasteiger partial charge in [0.05, 0.1) is 12.6 Å². The molecule has 2 fully saturated rings. The fourth-order valence-corrected chi connectivity index (χ4v) is 5.53. The predicted molar refractivity (Wildman–Crippen MR) is 136 cm³/mol. The average Bonchev–Trinajstić information content (AvgIpc) is 3.26. The van der Waals surface area contributed by atoms with E-state index in [1.165, 1.54) is 9.80 Å². The van der Waals surface area contributed by atoms with Gasteiger partial charge in [-0.05, 0) is 53.0 Å². The summed E-state index contributed by atoms with van der Waals surface area (Å²) in [6.07, 6.45) is -3.70. The molecule has 3 aliphatic heterocycles. The largest absolute Gasteiger partial charge is 0.493 e. The maximum atomic E-state index is 13.9. The highest BCUT2D eigenvalue weighted by Crippen LogP contribution is 2.35.